The van der Waals surface area contributed by atoms with Crippen LogP contribution in [0.15, 0.2) is 36.8 Å². The Bertz CT molecular complexity index is 630. The lowest BCUT2D eigenvalue weighted by Gasteiger charge is -2.06. The van der Waals surface area contributed by atoms with Crippen LogP contribution >= 0.6 is 0 Å². The second-order valence-electron chi connectivity index (χ2n) is 3.50. The number of benzene rings is 1. The van der Waals surface area contributed by atoms with E-state index in [1.807, 2.05) is 0 Å². The zero-order chi connectivity index (χ0) is 13.8. The van der Waals surface area contributed by atoms with Crippen LogP contribution in [0.5, 0.6) is 5.75 Å². The molecular weight excluding hydrogens is 252 g/mol. The number of rotatable bonds is 3. The fourth-order valence-corrected chi connectivity index (χ4v) is 1.34. The van der Waals surface area contributed by atoms with Crippen molar-refractivity contribution in [3.63, 3.8) is 0 Å². The number of nitro benzene ring substituents is 1. The smallest absolute Gasteiger partial charge is 0.275 e. The fraction of sp³-hybridized carbons (Fsp3) is 0. The highest BCUT2D eigenvalue weighted by molar-refractivity contribution is 6.03. The molecule has 19 heavy (non-hydrogen) atoms. The van der Waals surface area contributed by atoms with Crippen LogP contribution < -0.4 is 5.32 Å². The lowest BCUT2D eigenvalue weighted by molar-refractivity contribution is -0.384. The first kappa shape index (κ1) is 12.4. The van der Waals surface area contributed by atoms with E-state index in [9.17, 15) is 20.0 Å². The first-order chi connectivity index (χ1) is 9.08. The number of amides is 1. The molecular formula is C11H8N4O4. The Balaban J connectivity index is 2.26. The van der Waals surface area contributed by atoms with E-state index < -0.39 is 10.8 Å². The molecule has 2 rings (SSSR count). The molecule has 0 radical (unpaired) electrons. The topological polar surface area (TPSA) is 118 Å². The number of phenolic OH excluding ortho intramolecular Hbond substituents is 1. The predicted octanol–water partition coefficient (Wildman–Crippen LogP) is 1.34. The summed E-state index contributed by atoms with van der Waals surface area (Å²) in [5.41, 5.74) is -0.273. The zero-order valence-corrected chi connectivity index (χ0v) is 9.48. The van der Waals surface area contributed by atoms with Crippen LogP contribution in [-0.2, 0) is 0 Å². The van der Waals surface area contributed by atoms with Crippen molar-refractivity contribution in [2.75, 3.05) is 5.32 Å². The van der Waals surface area contributed by atoms with Crippen molar-refractivity contribution in [3.05, 3.63) is 52.6 Å². The summed E-state index contributed by atoms with van der Waals surface area (Å²) >= 11 is 0. The number of aromatic hydroxyl groups is 1. The van der Waals surface area contributed by atoms with Gasteiger partial charge < -0.3 is 10.4 Å². The van der Waals surface area contributed by atoms with Crippen LogP contribution in [-0.4, -0.2) is 25.9 Å². The summed E-state index contributed by atoms with van der Waals surface area (Å²) in [7, 11) is 0. The Morgan fingerprint density at radius 2 is 2.16 bits per heavy atom. The van der Waals surface area contributed by atoms with Gasteiger partial charge in [0.05, 0.1) is 16.8 Å². The Morgan fingerprint density at radius 3 is 2.79 bits per heavy atom. The van der Waals surface area contributed by atoms with Gasteiger partial charge in [0.15, 0.2) is 0 Å². The number of carbonyl (C=O) groups is 1. The van der Waals surface area contributed by atoms with E-state index in [1.54, 1.807) is 0 Å². The maximum atomic E-state index is 11.8. The number of anilines is 1. The number of hydrogen-bond donors (Lipinski definition) is 2. The van der Waals surface area contributed by atoms with Crippen molar-refractivity contribution < 1.29 is 14.8 Å². The van der Waals surface area contributed by atoms with Crippen molar-refractivity contribution in [1.29, 1.82) is 0 Å². The molecule has 0 saturated heterocycles. The third-order valence-corrected chi connectivity index (χ3v) is 2.23. The average molecular weight is 260 g/mol. The van der Waals surface area contributed by atoms with Gasteiger partial charge in [0, 0.05) is 24.5 Å². The van der Waals surface area contributed by atoms with Gasteiger partial charge in [-0.2, -0.15) is 0 Å². The van der Waals surface area contributed by atoms with E-state index in [0.717, 1.165) is 18.2 Å². The molecule has 0 aliphatic heterocycles. The molecule has 0 aliphatic carbocycles. The molecule has 2 aromatic rings. The van der Waals surface area contributed by atoms with Crippen LogP contribution in [0.1, 0.15) is 10.5 Å². The fourth-order valence-electron chi connectivity index (χ4n) is 1.34. The molecule has 0 atom stereocenters. The molecule has 1 amide bonds. The van der Waals surface area contributed by atoms with Gasteiger partial charge in [0.25, 0.3) is 11.6 Å². The summed E-state index contributed by atoms with van der Waals surface area (Å²) in [6.07, 6.45) is 3.98. The van der Waals surface area contributed by atoms with Crippen LogP contribution in [0.25, 0.3) is 0 Å². The predicted molar refractivity (Wildman–Crippen MR) is 64.7 cm³/mol. The number of nitro groups is 1. The van der Waals surface area contributed by atoms with Crippen molar-refractivity contribution in [1.82, 2.24) is 9.97 Å². The van der Waals surface area contributed by atoms with E-state index in [2.05, 4.69) is 15.3 Å². The van der Waals surface area contributed by atoms with Crippen LogP contribution in [0.3, 0.4) is 0 Å². The minimum atomic E-state index is -0.628. The molecule has 0 saturated carbocycles. The van der Waals surface area contributed by atoms with E-state index in [0.29, 0.717) is 0 Å². The second-order valence-corrected chi connectivity index (χ2v) is 3.50. The lowest BCUT2D eigenvalue weighted by atomic mass is 10.2. The highest BCUT2D eigenvalue weighted by atomic mass is 16.6. The molecule has 1 aromatic carbocycles. The largest absolute Gasteiger partial charge is 0.506 e. The van der Waals surface area contributed by atoms with Gasteiger partial charge >= 0.3 is 0 Å². The van der Waals surface area contributed by atoms with Gasteiger partial charge in [0.1, 0.15) is 11.4 Å². The third kappa shape index (κ3) is 2.80. The number of hydrogen-bond acceptors (Lipinski definition) is 6. The molecule has 1 aromatic heterocycles. The summed E-state index contributed by atoms with van der Waals surface area (Å²) < 4.78 is 0. The van der Waals surface area contributed by atoms with Crippen LogP contribution in [0, 0.1) is 10.1 Å². The molecule has 0 aliphatic rings. The van der Waals surface area contributed by atoms with E-state index in [-0.39, 0.29) is 22.8 Å². The lowest BCUT2D eigenvalue weighted by Crippen LogP contribution is -2.14. The molecule has 0 fully saturated rings. The van der Waals surface area contributed by atoms with Crippen molar-refractivity contribution in [2.45, 2.75) is 0 Å². The Labute approximate surface area is 106 Å². The van der Waals surface area contributed by atoms with Crippen molar-refractivity contribution >= 4 is 17.3 Å². The van der Waals surface area contributed by atoms with Crippen molar-refractivity contribution in [3.8, 4) is 5.75 Å². The minimum absolute atomic E-state index is 0.0356. The summed E-state index contributed by atoms with van der Waals surface area (Å²) in [5, 5.41) is 22.5. The van der Waals surface area contributed by atoms with Gasteiger partial charge in [-0.1, -0.05) is 0 Å². The number of aromatic nitrogens is 2. The first-order valence-corrected chi connectivity index (χ1v) is 5.12. The quantitative estimate of drug-likeness (QED) is 0.488. The molecule has 96 valence electrons. The highest BCUT2D eigenvalue weighted by Gasteiger charge is 2.14. The van der Waals surface area contributed by atoms with Crippen LogP contribution in [0.2, 0.25) is 0 Å². The number of nitrogens with zero attached hydrogens (tertiary/aromatic N) is 3. The number of carbonyl (C=O) groups excluding carboxylic acids is 1. The minimum Gasteiger partial charge on any atom is -0.506 e. The van der Waals surface area contributed by atoms with Crippen LogP contribution in [0.4, 0.5) is 11.4 Å². The number of non-ortho nitro benzene ring substituents is 1. The maximum Gasteiger partial charge on any atom is 0.275 e. The molecule has 0 unspecified atom stereocenters. The standard InChI is InChI=1S/C11H8N4O4/c16-10-2-1-7(15(18)19)5-8(10)14-11(17)9-6-12-3-4-13-9/h1-6,16H,(H,14,17). The maximum absolute atomic E-state index is 11.8. The Morgan fingerprint density at radius 1 is 1.37 bits per heavy atom. The van der Waals surface area contributed by atoms with Gasteiger partial charge in [-0.15, -0.1) is 0 Å². The summed E-state index contributed by atoms with van der Waals surface area (Å²) in [6.45, 7) is 0. The molecule has 8 nitrogen and oxygen atoms in total. The SMILES string of the molecule is O=C(Nc1cc([N+](=O)[O-])ccc1O)c1cnccn1. The third-order valence-electron chi connectivity index (χ3n) is 2.23. The van der Waals surface area contributed by atoms with E-state index in [4.69, 9.17) is 0 Å². The summed E-state index contributed by atoms with van der Waals surface area (Å²) in [4.78, 5) is 29.2. The van der Waals surface area contributed by atoms with Crippen molar-refractivity contribution in [2.24, 2.45) is 0 Å². The molecule has 8 heteroatoms. The van der Waals surface area contributed by atoms with Gasteiger partial charge in [-0.05, 0) is 6.07 Å². The molecule has 1 heterocycles. The van der Waals surface area contributed by atoms with E-state index >= 15 is 0 Å². The first-order valence-electron chi connectivity index (χ1n) is 5.12. The average Bonchev–Trinajstić information content (AvgIpc) is 2.42. The molecule has 0 bridgehead atoms. The molecule has 0 spiro atoms. The summed E-state index contributed by atoms with van der Waals surface area (Å²) in [5.74, 6) is -0.897. The zero-order valence-electron chi connectivity index (χ0n) is 9.48. The number of nitrogens with one attached hydrogen (secondary N) is 1. The molecule has 2 N–H and O–H groups in total. The Kier molecular flexibility index (Phi) is 3.33. The van der Waals surface area contributed by atoms with Gasteiger partial charge in [-0.3, -0.25) is 19.9 Å². The second kappa shape index (κ2) is 5.08. The Hall–Kier alpha value is -3.03. The van der Waals surface area contributed by atoms with E-state index in [1.165, 1.54) is 18.6 Å². The summed E-state index contributed by atoms with van der Waals surface area (Å²) in [6, 6.07) is 3.32. The highest BCUT2D eigenvalue weighted by Crippen LogP contribution is 2.27. The number of phenols is 1. The van der Waals surface area contributed by atoms with Gasteiger partial charge in [-0.25, -0.2) is 4.98 Å². The normalized spacial score (nSPS) is 9.89. The van der Waals surface area contributed by atoms with Gasteiger partial charge in [0.2, 0.25) is 0 Å². The monoisotopic (exact) mass is 260 g/mol.